The molecule has 25 heavy (non-hydrogen) atoms. The Bertz CT molecular complexity index is 727. The predicted molar refractivity (Wildman–Crippen MR) is 90.6 cm³/mol. The average Bonchev–Trinajstić information content (AvgIpc) is 2.94. The first-order chi connectivity index (χ1) is 12.1. The Morgan fingerprint density at radius 1 is 1.12 bits per heavy atom. The van der Waals surface area contributed by atoms with Crippen LogP contribution in [0.3, 0.4) is 0 Å². The fraction of sp³-hybridized carbons (Fsp3) is 0.500. The number of carbonyl (C=O) groups excluding carboxylic acids is 3. The van der Waals surface area contributed by atoms with E-state index >= 15 is 0 Å². The van der Waals surface area contributed by atoms with Crippen molar-refractivity contribution in [1.82, 2.24) is 20.4 Å². The fourth-order valence-corrected chi connectivity index (χ4v) is 3.91. The maximum atomic E-state index is 12.8. The van der Waals surface area contributed by atoms with Gasteiger partial charge < -0.3 is 10.2 Å². The predicted octanol–water partition coefficient (Wildman–Crippen LogP) is -0.147. The number of hydrogen-bond acceptors (Lipinski definition) is 5. The molecule has 1 unspecified atom stereocenters. The molecule has 0 radical (unpaired) electrons. The van der Waals surface area contributed by atoms with E-state index in [1.807, 2.05) is 12.1 Å². The number of rotatable bonds is 3. The van der Waals surface area contributed by atoms with Crippen LogP contribution >= 0.6 is 0 Å². The lowest BCUT2D eigenvalue weighted by Gasteiger charge is -2.29. The van der Waals surface area contributed by atoms with Crippen molar-refractivity contribution < 1.29 is 14.4 Å². The van der Waals surface area contributed by atoms with Crippen LogP contribution < -0.4 is 10.6 Å². The van der Waals surface area contributed by atoms with E-state index in [0.717, 1.165) is 43.9 Å². The first kappa shape index (κ1) is 16.2. The number of imide groups is 1. The average molecular weight is 342 g/mol. The summed E-state index contributed by atoms with van der Waals surface area (Å²) in [7, 11) is 0. The molecule has 3 heterocycles. The van der Waals surface area contributed by atoms with E-state index in [4.69, 9.17) is 0 Å². The molecule has 7 heteroatoms. The molecule has 1 aromatic rings. The van der Waals surface area contributed by atoms with Crippen LogP contribution in [0.4, 0.5) is 0 Å². The molecule has 3 aliphatic heterocycles. The molecule has 1 aromatic carbocycles. The zero-order chi connectivity index (χ0) is 17.4. The number of nitrogens with one attached hydrogen (secondary N) is 2. The van der Waals surface area contributed by atoms with Crippen LogP contribution in [-0.2, 0) is 22.7 Å². The van der Waals surface area contributed by atoms with Crippen LogP contribution in [0.2, 0.25) is 0 Å². The maximum Gasteiger partial charge on any atom is 0.255 e. The van der Waals surface area contributed by atoms with Crippen molar-refractivity contribution in [2.45, 2.75) is 32.0 Å². The summed E-state index contributed by atoms with van der Waals surface area (Å²) in [5.74, 6) is -0.725. The van der Waals surface area contributed by atoms with Crippen LogP contribution in [0.5, 0.6) is 0 Å². The SMILES string of the molecule is O=C1CCC(N2Cc3c(CN4CCNCC4)cccc3C2=O)C(=O)N1. The Morgan fingerprint density at radius 2 is 1.92 bits per heavy atom. The molecule has 2 fully saturated rings. The van der Waals surface area contributed by atoms with Crippen molar-refractivity contribution in [1.29, 1.82) is 0 Å². The summed E-state index contributed by atoms with van der Waals surface area (Å²) < 4.78 is 0. The van der Waals surface area contributed by atoms with Crippen molar-refractivity contribution in [3.63, 3.8) is 0 Å². The van der Waals surface area contributed by atoms with Crippen molar-refractivity contribution in [2.24, 2.45) is 0 Å². The van der Waals surface area contributed by atoms with Crippen molar-refractivity contribution in [3.05, 3.63) is 34.9 Å². The molecule has 0 spiro atoms. The molecule has 3 aliphatic rings. The summed E-state index contributed by atoms with van der Waals surface area (Å²) in [6.07, 6.45) is 0.682. The lowest BCUT2D eigenvalue weighted by atomic mass is 10.0. The molecular formula is C18H22N4O3. The minimum Gasteiger partial charge on any atom is -0.322 e. The van der Waals surface area contributed by atoms with Crippen LogP contribution in [0.15, 0.2) is 18.2 Å². The largest absolute Gasteiger partial charge is 0.322 e. The van der Waals surface area contributed by atoms with Gasteiger partial charge in [0.15, 0.2) is 0 Å². The molecule has 7 nitrogen and oxygen atoms in total. The van der Waals surface area contributed by atoms with Gasteiger partial charge in [-0.3, -0.25) is 24.6 Å². The lowest BCUT2D eigenvalue weighted by Crippen LogP contribution is -2.52. The standard InChI is InChI=1S/C18H22N4O3/c23-16-5-4-15(17(24)20-16)22-11-14-12(2-1-3-13(14)18(22)25)10-21-8-6-19-7-9-21/h1-3,15,19H,4-11H2,(H,20,23,24). The highest BCUT2D eigenvalue weighted by molar-refractivity contribution is 6.05. The van der Waals surface area contributed by atoms with Crippen molar-refractivity contribution >= 4 is 17.7 Å². The summed E-state index contributed by atoms with van der Waals surface area (Å²) in [5.41, 5.74) is 2.87. The second-order valence-electron chi connectivity index (χ2n) is 6.87. The van der Waals surface area contributed by atoms with Gasteiger partial charge in [0.25, 0.3) is 5.91 Å². The molecular weight excluding hydrogens is 320 g/mol. The van der Waals surface area contributed by atoms with E-state index in [2.05, 4.69) is 21.6 Å². The third kappa shape index (κ3) is 3.05. The van der Waals surface area contributed by atoms with E-state index in [9.17, 15) is 14.4 Å². The van der Waals surface area contributed by atoms with Crippen LogP contribution in [0.1, 0.15) is 34.3 Å². The third-order valence-corrected chi connectivity index (χ3v) is 5.28. The number of carbonyl (C=O) groups is 3. The number of piperidine rings is 1. The second kappa shape index (κ2) is 6.57. The first-order valence-corrected chi connectivity index (χ1v) is 8.82. The van der Waals surface area contributed by atoms with Crippen molar-refractivity contribution in [3.8, 4) is 0 Å². The van der Waals surface area contributed by atoms with E-state index in [1.54, 1.807) is 4.90 Å². The summed E-state index contributed by atoms with van der Waals surface area (Å²) in [6, 6.07) is 5.28. The number of fused-ring (bicyclic) bond motifs is 1. The molecule has 1 atom stereocenters. The molecule has 2 N–H and O–H groups in total. The molecule has 3 amide bonds. The minimum absolute atomic E-state index is 0.105. The smallest absolute Gasteiger partial charge is 0.255 e. The van der Waals surface area contributed by atoms with Gasteiger partial charge in [0.2, 0.25) is 11.8 Å². The normalized spacial score (nSPS) is 24.4. The summed E-state index contributed by atoms with van der Waals surface area (Å²) in [4.78, 5) is 40.3. The van der Waals surface area contributed by atoms with Gasteiger partial charge in [-0.1, -0.05) is 12.1 Å². The third-order valence-electron chi connectivity index (χ3n) is 5.28. The Kier molecular flexibility index (Phi) is 4.27. The summed E-state index contributed by atoms with van der Waals surface area (Å²) in [5, 5.41) is 5.69. The molecule has 4 rings (SSSR count). The summed E-state index contributed by atoms with van der Waals surface area (Å²) >= 11 is 0. The van der Waals surface area contributed by atoms with Gasteiger partial charge in [0.1, 0.15) is 6.04 Å². The van der Waals surface area contributed by atoms with Gasteiger partial charge in [-0.25, -0.2) is 0 Å². The van der Waals surface area contributed by atoms with Gasteiger partial charge in [-0.15, -0.1) is 0 Å². The van der Waals surface area contributed by atoms with E-state index in [1.165, 1.54) is 0 Å². The Hall–Kier alpha value is -2.25. The number of benzene rings is 1. The molecule has 0 aromatic heterocycles. The molecule has 0 aliphatic carbocycles. The Labute approximate surface area is 146 Å². The number of piperazine rings is 1. The topological polar surface area (TPSA) is 81.8 Å². The number of nitrogens with zero attached hydrogens (tertiary/aromatic N) is 2. The van der Waals surface area contributed by atoms with Gasteiger partial charge in [-0.2, -0.15) is 0 Å². The second-order valence-corrected chi connectivity index (χ2v) is 6.87. The summed E-state index contributed by atoms with van der Waals surface area (Å²) in [6.45, 7) is 5.22. The molecule has 0 bridgehead atoms. The minimum atomic E-state index is -0.551. The molecule has 0 saturated carbocycles. The Morgan fingerprint density at radius 3 is 2.68 bits per heavy atom. The highest BCUT2D eigenvalue weighted by atomic mass is 16.2. The number of amides is 3. The van der Waals surface area contributed by atoms with Crippen LogP contribution in [0, 0.1) is 0 Å². The Balaban J connectivity index is 1.55. The highest BCUT2D eigenvalue weighted by Gasteiger charge is 2.39. The van der Waals surface area contributed by atoms with Gasteiger partial charge in [-0.05, 0) is 23.6 Å². The highest BCUT2D eigenvalue weighted by Crippen LogP contribution is 2.30. The lowest BCUT2D eigenvalue weighted by molar-refractivity contribution is -0.136. The van der Waals surface area contributed by atoms with Gasteiger partial charge >= 0.3 is 0 Å². The van der Waals surface area contributed by atoms with Crippen LogP contribution in [-0.4, -0.2) is 59.7 Å². The van der Waals surface area contributed by atoms with Gasteiger partial charge in [0.05, 0.1) is 0 Å². The number of hydrogen-bond donors (Lipinski definition) is 2. The van der Waals surface area contributed by atoms with E-state index < -0.39 is 6.04 Å². The fourth-order valence-electron chi connectivity index (χ4n) is 3.91. The zero-order valence-corrected chi connectivity index (χ0v) is 14.1. The van der Waals surface area contributed by atoms with E-state index in [-0.39, 0.29) is 24.1 Å². The van der Waals surface area contributed by atoms with Gasteiger partial charge in [0, 0.05) is 51.3 Å². The first-order valence-electron chi connectivity index (χ1n) is 8.82. The van der Waals surface area contributed by atoms with Crippen LogP contribution in [0.25, 0.3) is 0 Å². The molecule has 132 valence electrons. The quantitative estimate of drug-likeness (QED) is 0.747. The zero-order valence-electron chi connectivity index (χ0n) is 14.1. The van der Waals surface area contributed by atoms with Crippen molar-refractivity contribution in [2.75, 3.05) is 26.2 Å². The molecule has 2 saturated heterocycles. The maximum absolute atomic E-state index is 12.8. The monoisotopic (exact) mass is 342 g/mol. The van der Waals surface area contributed by atoms with E-state index in [0.29, 0.717) is 18.5 Å².